The van der Waals surface area contributed by atoms with Crippen LogP contribution >= 0.6 is 0 Å². The van der Waals surface area contributed by atoms with Crippen LogP contribution in [0.5, 0.6) is 0 Å². The Labute approximate surface area is 125 Å². The van der Waals surface area contributed by atoms with Crippen molar-refractivity contribution < 1.29 is 9.53 Å². The van der Waals surface area contributed by atoms with Gasteiger partial charge in [-0.25, -0.2) is 9.97 Å². The lowest BCUT2D eigenvalue weighted by Crippen LogP contribution is -2.26. The molecule has 2 rings (SSSR count). The van der Waals surface area contributed by atoms with Crippen LogP contribution in [0.4, 0.5) is 5.82 Å². The average molecular weight is 292 g/mol. The van der Waals surface area contributed by atoms with E-state index in [1.165, 1.54) is 6.33 Å². The van der Waals surface area contributed by atoms with Crippen molar-refractivity contribution in [3.8, 4) is 0 Å². The maximum atomic E-state index is 12.0. The van der Waals surface area contributed by atoms with Crippen LogP contribution in [-0.2, 0) is 4.74 Å². The molecule has 0 bridgehead atoms. The van der Waals surface area contributed by atoms with Crippen molar-refractivity contribution in [2.45, 2.75) is 39.2 Å². The SMILES string of the molecule is CC(C)CCNC(=O)c1cc(NCC2CCCO2)ncn1. The van der Waals surface area contributed by atoms with E-state index in [-0.39, 0.29) is 12.0 Å². The zero-order chi connectivity index (χ0) is 15.1. The van der Waals surface area contributed by atoms with E-state index < -0.39 is 0 Å². The minimum Gasteiger partial charge on any atom is -0.376 e. The number of hydrogen-bond donors (Lipinski definition) is 2. The number of amides is 1. The quantitative estimate of drug-likeness (QED) is 0.802. The van der Waals surface area contributed by atoms with Gasteiger partial charge in [0, 0.05) is 25.8 Å². The van der Waals surface area contributed by atoms with E-state index in [9.17, 15) is 4.79 Å². The summed E-state index contributed by atoms with van der Waals surface area (Å²) in [7, 11) is 0. The zero-order valence-corrected chi connectivity index (χ0v) is 12.8. The number of rotatable bonds is 7. The van der Waals surface area contributed by atoms with E-state index >= 15 is 0 Å². The third kappa shape index (κ3) is 5.30. The van der Waals surface area contributed by atoms with Crippen molar-refractivity contribution in [3.05, 3.63) is 18.1 Å². The number of carbonyl (C=O) groups is 1. The molecule has 1 fully saturated rings. The number of nitrogens with zero attached hydrogens (tertiary/aromatic N) is 2. The Morgan fingerprint density at radius 3 is 3.05 bits per heavy atom. The molecule has 1 amide bonds. The summed E-state index contributed by atoms with van der Waals surface area (Å²) in [6, 6.07) is 1.68. The van der Waals surface area contributed by atoms with Crippen LogP contribution in [0.3, 0.4) is 0 Å². The Kier molecular flexibility index (Phi) is 5.92. The maximum Gasteiger partial charge on any atom is 0.270 e. The van der Waals surface area contributed by atoms with Crippen molar-refractivity contribution in [2.75, 3.05) is 25.0 Å². The van der Waals surface area contributed by atoms with E-state index in [0.717, 1.165) is 25.9 Å². The summed E-state index contributed by atoms with van der Waals surface area (Å²) < 4.78 is 5.54. The first-order chi connectivity index (χ1) is 10.1. The highest BCUT2D eigenvalue weighted by Gasteiger charge is 2.15. The Morgan fingerprint density at radius 2 is 2.33 bits per heavy atom. The molecule has 0 aliphatic carbocycles. The van der Waals surface area contributed by atoms with Gasteiger partial charge in [0.1, 0.15) is 17.8 Å². The summed E-state index contributed by atoms with van der Waals surface area (Å²) in [5.74, 6) is 1.08. The van der Waals surface area contributed by atoms with Crippen molar-refractivity contribution in [3.63, 3.8) is 0 Å². The third-order valence-corrected chi connectivity index (χ3v) is 3.44. The van der Waals surface area contributed by atoms with E-state index in [0.29, 0.717) is 30.5 Å². The third-order valence-electron chi connectivity index (χ3n) is 3.44. The van der Waals surface area contributed by atoms with Gasteiger partial charge in [-0.1, -0.05) is 13.8 Å². The fraction of sp³-hybridized carbons (Fsp3) is 0.667. The molecule has 2 N–H and O–H groups in total. The van der Waals surface area contributed by atoms with E-state index in [1.807, 2.05) is 0 Å². The fourth-order valence-electron chi connectivity index (χ4n) is 2.17. The minimum absolute atomic E-state index is 0.154. The van der Waals surface area contributed by atoms with E-state index in [1.54, 1.807) is 6.07 Å². The van der Waals surface area contributed by atoms with Gasteiger partial charge in [0.25, 0.3) is 5.91 Å². The van der Waals surface area contributed by atoms with Gasteiger partial charge in [0.15, 0.2) is 0 Å². The second kappa shape index (κ2) is 7.93. The Balaban J connectivity index is 1.82. The molecule has 0 saturated carbocycles. The summed E-state index contributed by atoms with van der Waals surface area (Å²) in [5, 5.41) is 6.07. The summed E-state index contributed by atoms with van der Waals surface area (Å²) in [4.78, 5) is 20.1. The lowest BCUT2D eigenvalue weighted by atomic mass is 10.1. The lowest BCUT2D eigenvalue weighted by Gasteiger charge is -2.11. The first-order valence-corrected chi connectivity index (χ1v) is 7.61. The minimum atomic E-state index is -0.154. The van der Waals surface area contributed by atoms with Gasteiger partial charge in [0.05, 0.1) is 6.10 Å². The molecular weight excluding hydrogens is 268 g/mol. The molecule has 1 saturated heterocycles. The van der Waals surface area contributed by atoms with Crippen LogP contribution in [0.2, 0.25) is 0 Å². The normalized spacial score (nSPS) is 18.0. The standard InChI is InChI=1S/C15H24N4O2/c1-11(2)5-6-16-15(20)13-8-14(19-10-18-13)17-9-12-4-3-7-21-12/h8,10-12H,3-7,9H2,1-2H3,(H,16,20)(H,17,18,19). The second-order valence-corrected chi connectivity index (χ2v) is 5.74. The van der Waals surface area contributed by atoms with Gasteiger partial charge >= 0.3 is 0 Å². The van der Waals surface area contributed by atoms with Crippen LogP contribution < -0.4 is 10.6 Å². The molecule has 6 heteroatoms. The molecule has 0 radical (unpaired) electrons. The Bertz CT molecular complexity index is 459. The number of carbonyl (C=O) groups excluding carboxylic acids is 1. The molecule has 2 heterocycles. The molecular formula is C15H24N4O2. The highest BCUT2D eigenvalue weighted by Crippen LogP contribution is 2.13. The highest BCUT2D eigenvalue weighted by molar-refractivity contribution is 5.92. The molecule has 116 valence electrons. The summed E-state index contributed by atoms with van der Waals surface area (Å²) in [6.07, 6.45) is 4.79. The van der Waals surface area contributed by atoms with Gasteiger partial charge in [-0.05, 0) is 25.2 Å². The molecule has 21 heavy (non-hydrogen) atoms. The second-order valence-electron chi connectivity index (χ2n) is 5.74. The summed E-state index contributed by atoms with van der Waals surface area (Å²) in [5.41, 5.74) is 0.392. The van der Waals surface area contributed by atoms with Crippen LogP contribution in [0, 0.1) is 5.92 Å². The molecule has 1 aromatic heterocycles. The van der Waals surface area contributed by atoms with Gasteiger partial charge < -0.3 is 15.4 Å². The van der Waals surface area contributed by atoms with E-state index in [4.69, 9.17) is 4.74 Å². The fourth-order valence-corrected chi connectivity index (χ4v) is 2.17. The molecule has 0 spiro atoms. The number of anilines is 1. The van der Waals surface area contributed by atoms with Crippen molar-refractivity contribution >= 4 is 11.7 Å². The molecule has 1 aliphatic heterocycles. The smallest absolute Gasteiger partial charge is 0.270 e. The molecule has 1 atom stereocenters. The van der Waals surface area contributed by atoms with Gasteiger partial charge in [0.2, 0.25) is 0 Å². The molecule has 1 unspecified atom stereocenters. The summed E-state index contributed by atoms with van der Waals surface area (Å²) in [6.45, 7) is 6.47. The number of nitrogens with one attached hydrogen (secondary N) is 2. The molecule has 1 aromatic rings. The van der Waals surface area contributed by atoms with Gasteiger partial charge in [-0.2, -0.15) is 0 Å². The van der Waals surface area contributed by atoms with Crippen molar-refractivity contribution in [1.29, 1.82) is 0 Å². The van der Waals surface area contributed by atoms with Crippen LogP contribution in [0.15, 0.2) is 12.4 Å². The topological polar surface area (TPSA) is 76.1 Å². The Morgan fingerprint density at radius 1 is 1.48 bits per heavy atom. The van der Waals surface area contributed by atoms with Crippen LogP contribution in [0.1, 0.15) is 43.6 Å². The predicted molar refractivity (Wildman–Crippen MR) is 81.3 cm³/mol. The molecule has 1 aliphatic rings. The molecule has 6 nitrogen and oxygen atoms in total. The Hall–Kier alpha value is -1.69. The molecule has 0 aromatic carbocycles. The number of hydrogen-bond acceptors (Lipinski definition) is 5. The number of ether oxygens (including phenoxy) is 1. The lowest BCUT2D eigenvalue weighted by molar-refractivity contribution is 0.0947. The van der Waals surface area contributed by atoms with Crippen molar-refractivity contribution in [2.24, 2.45) is 5.92 Å². The maximum absolute atomic E-state index is 12.0. The van der Waals surface area contributed by atoms with Crippen LogP contribution in [-0.4, -0.2) is 41.7 Å². The first kappa shape index (κ1) is 15.7. The summed E-state index contributed by atoms with van der Waals surface area (Å²) >= 11 is 0. The average Bonchev–Trinajstić information content (AvgIpc) is 2.98. The number of aromatic nitrogens is 2. The monoisotopic (exact) mass is 292 g/mol. The van der Waals surface area contributed by atoms with Crippen LogP contribution in [0.25, 0.3) is 0 Å². The first-order valence-electron chi connectivity index (χ1n) is 7.61. The van der Waals surface area contributed by atoms with Gasteiger partial charge in [-0.3, -0.25) is 4.79 Å². The van der Waals surface area contributed by atoms with E-state index in [2.05, 4.69) is 34.4 Å². The van der Waals surface area contributed by atoms with Gasteiger partial charge in [-0.15, -0.1) is 0 Å². The van der Waals surface area contributed by atoms with Crippen molar-refractivity contribution in [1.82, 2.24) is 15.3 Å². The highest BCUT2D eigenvalue weighted by atomic mass is 16.5. The predicted octanol–water partition coefficient (Wildman–Crippen LogP) is 1.84. The zero-order valence-electron chi connectivity index (χ0n) is 12.8. The largest absolute Gasteiger partial charge is 0.376 e.